The smallest absolute Gasteiger partial charge is 0.266 e. The third-order valence-corrected chi connectivity index (χ3v) is 5.88. The monoisotopic (exact) mass is 431 g/mol. The van der Waals surface area contributed by atoms with Gasteiger partial charge in [0.25, 0.3) is 5.56 Å². The number of ether oxygens (including phenoxy) is 1. The largest absolute Gasteiger partial charge is 0.383 e. The van der Waals surface area contributed by atoms with Gasteiger partial charge >= 0.3 is 0 Å². The highest BCUT2D eigenvalue weighted by atomic mass is 35.5. The fraction of sp³-hybridized carbons (Fsp3) is 0.286. The Labute approximate surface area is 178 Å². The first-order chi connectivity index (χ1) is 14.0. The van der Waals surface area contributed by atoms with Crippen molar-refractivity contribution in [3.8, 4) is 5.69 Å². The molecule has 1 unspecified atom stereocenters. The Bertz CT molecular complexity index is 1070. The maximum absolute atomic E-state index is 13.3. The Morgan fingerprint density at radius 1 is 1.28 bits per heavy atom. The first kappa shape index (κ1) is 21.4. The molecule has 1 aromatic heterocycles. The zero-order valence-corrected chi connectivity index (χ0v) is 17.8. The second kappa shape index (κ2) is 9.91. The van der Waals surface area contributed by atoms with Gasteiger partial charge in [-0.1, -0.05) is 48.5 Å². The van der Waals surface area contributed by atoms with E-state index in [1.54, 1.807) is 49.6 Å². The van der Waals surface area contributed by atoms with Crippen LogP contribution in [0, 0.1) is 0 Å². The van der Waals surface area contributed by atoms with Gasteiger partial charge in [-0.3, -0.25) is 14.2 Å². The molecule has 0 saturated heterocycles. The van der Waals surface area contributed by atoms with Crippen LogP contribution in [-0.4, -0.2) is 41.0 Å². The lowest BCUT2D eigenvalue weighted by molar-refractivity contribution is -0.120. The van der Waals surface area contributed by atoms with Crippen LogP contribution in [0.5, 0.6) is 0 Å². The summed E-state index contributed by atoms with van der Waals surface area (Å²) in [5.41, 5.74) is 1.00. The average molecular weight is 432 g/mol. The molecule has 152 valence electrons. The predicted molar refractivity (Wildman–Crippen MR) is 117 cm³/mol. The molecule has 0 aliphatic carbocycles. The van der Waals surface area contributed by atoms with Gasteiger partial charge in [-0.25, -0.2) is 4.98 Å². The van der Waals surface area contributed by atoms with Crippen molar-refractivity contribution in [3.05, 3.63) is 63.9 Å². The van der Waals surface area contributed by atoms with Crippen LogP contribution in [0.3, 0.4) is 0 Å². The van der Waals surface area contributed by atoms with Gasteiger partial charge in [0, 0.05) is 18.7 Å². The average Bonchev–Trinajstić information content (AvgIpc) is 2.72. The first-order valence-corrected chi connectivity index (χ1v) is 10.5. The van der Waals surface area contributed by atoms with Crippen molar-refractivity contribution < 1.29 is 9.53 Å². The van der Waals surface area contributed by atoms with Crippen molar-refractivity contribution in [2.45, 2.75) is 23.8 Å². The minimum Gasteiger partial charge on any atom is -0.383 e. The van der Waals surface area contributed by atoms with Crippen molar-refractivity contribution in [1.29, 1.82) is 0 Å². The lowest BCUT2D eigenvalue weighted by Gasteiger charge is -2.18. The van der Waals surface area contributed by atoms with Crippen molar-refractivity contribution in [3.63, 3.8) is 0 Å². The molecule has 0 bridgehead atoms. The highest BCUT2D eigenvalue weighted by Crippen LogP contribution is 2.27. The van der Waals surface area contributed by atoms with Gasteiger partial charge in [0.15, 0.2) is 5.16 Å². The summed E-state index contributed by atoms with van der Waals surface area (Å²) in [6, 6.07) is 14.2. The fourth-order valence-electron chi connectivity index (χ4n) is 2.87. The molecule has 1 N–H and O–H groups in total. The number of hydrogen-bond acceptors (Lipinski definition) is 5. The number of aromatic nitrogens is 2. The number of para-hydroxylation sites is 1. The lowest BCUT2D eigenvalue weighted by Crippen LogP contribution is -2.35. The molecule has 0 saturated carbocycles. The molecular weight excluding hydrogens is 410 g/mol. The molecule has 0 radical (unpaired) electrons. The quantitative estimate of drug-likeness (QED) is 0.334. The van der Waals surface area contributed by atoms with Crippen molar-refractivity contribution in [1.82, 2.24) is 14.9 Å². The summed E-state index contributed by atoms with van der Waals surface area (Å²) in [6.45, 7) is 2.80. The SMILES string of the molecule is CCC(Sc1nc2ccccc2c(=O)n1-c1cccc(Cl)c1)C(=O)NCCOC. The maximum Gasteiger partial charge on any atom is 0.266 e. The van der Waals surface area contributed by atoms with Gasteiger partial charge in [0.05, 0.1) is 28.4 Å². The Kier molecular flexibility index (Phi) is 7.30. The second-order valence-electron chi connectivity index (χ2n) is 6.33. The van der Waals surface area contributed by atoms with Gasteiger partial charge in [-0.05, 0) is 36.8 Å². The number of nitrogens with zero attached hydrogens (tertiary/aromatic N) is 2. The van der Waals surface area contributed by atoms with Crippen LogP contribution >= 0.6 is 23.4 Å². The van der Waals surface area contributed by atoms with Crippen molar-refractivity contribution >= 4 is 40.2 Å². The molecule has 6 nitrogen and oxygen atoms in total. The van der Waals surface area contributed by atoms with Gasteiger partial charge in [0.2, 0.25) is 5.91 Å². The van der Waals surface area contributed by atoms with E-state index in [0.717, 1.165) is 0 Å². The number of nitrogens with one attached hydrogen (secondary N) is 1. The minimum absolute atomic E-state index is 0.116. The van der Waals surface area contributed by atoms with Gasteiger partial charge in [0.1, 0.15) is 0 Å². The number of fused-ring (bicyclic) bond motifs is 1. The summed E-state index contributed by atoms with van der Waals surface area (Å²) in [6.07, 6.45) is 0.585. The molecule has 8 heteroatoms. The van der Waals surface area contributed by atoms with Gasteiger partial charge in [-0.15, -0.1) is 0 Å². The van der Waals surface area contributed by atoms with Crippen LogP contribution in [-0.2, 0) is 9.53 Å². The highest BCUT2D eigenvalue weighted by Gasteiger charge is 2.22. The van der Waals surface area contributed by atoms with E-state index in [1.807, 2.05) is 13.0 Å². The standard InChI is InChI=1S/C21H22ClN3O3S/c1-3-18(19(26)23-11-12-28-2)29-21-24-17-10-5-4-9-16(17)20(27)25(21)15-8-6-7-14(22)13-15/h4-10,13,18H,3,11-12H2,1-2H3,(H,23,26). The Morgan fingerprint density at radius 3 is 2.79 bits per heavy atom. The molecule has 3 rings (SSSR count). The number of rotatable bonds is 8. The summed E-state index contributed by atoms with van der Waals surface area (Å²) in [4.78, 5) is 30.5. The number of methoxy groups -OCH3 is 1. The Balaban J connectivity index is 2.07. The van der Waals surface area contributed by atoms with E-state index < -0.39 is 5.25 Å². The van der Waals surface area contributed by atoms with Crippen LogP contribution in [0.4, 0.5) is 0 Å². The minimum atomic E-state index is -0.398. The van der Waals surface area contributed by atoms with Crippen molar-refractivity contribution in [2.24, 2.45) is 0 Å². The zero-order chi connectivity index (χ0) is 20.8. The van der Waals surface area contributed by atoms with Crippen molar-refractivity contribution in [2.75, 3.05) is 20.3 Å². The van der Waals surface area contributed by atoms with E-state index in [1.165, 1.54) is 16.3 Å². The zero-order valence-electron chi connectivity index (χ0n) is 16.2. The third kappa shape index (κ3) is 4.98. The summed E-state index contributed by atoms with van der Waals surface area (Å²) in [5.74, 6) is -0.116. The number of halogens is 1. The highest BCUT2D eigenvalue weighted by molar-refractivity contribution is 8.00. The molecule has 3 aromatic rings. The third-order valence-electron chi connectivity index (χ3n) is 4.33. The molecule has 0 aliphatic rings. The number of carbonyl (C=O) groups excluding carboxylic acids is 1. The molecule has 0 fully saturated rings. The molecule has 1 heterocycles. The lowest BCUT2D eigenvalue weighted by atomic mass is 10.2. The molecule has 2 aromatic carbocycles. The predicted octanol–water partition coefficient (Wildman–Crippen LogP) is 3.67. The molecule has 1 amide bonds. The number of amides is 1. The van der Waals surface area contributed by atoms with E-state index in [0.29, 0.717) is 46.3 Å². The number of hydrogen-bond donors (Lipinski definition) is 1. The van der Waals surface area contributed by atoms with Crippen LogP contribution in [0.2, 0.25) is 5.02 Å². The van der Waals surface area contributed by atoms with E-state index in [9.17, 15) is 9.59 Å². The normalized spacial score (nSPS) is 12.1. The fourth-order valence-corrected chi connectivity index (χ4v) is 4.11. The molecule has 0 aliphatic heterocycles. The van der Waals surface area contributed by atoms with E-state index in [-0.39, 0.29) is 11.5 Å². The molecule has 1 atom stereocenters. The Morgan fingerprint density at radius 2 is 2.07 bits per heavy atom. The van der Waals surface area contributed by atoms with E-state index in [2.05, 4.69) is 10.3 Å². The van der Waals surface area contributed by atoms with Gasteiger partial charge in [-0.2, -0.15) is 0 Å². The molecule has 0 spiro atoms. The second-order valence-corrected chi connectivity index (χ2v) is 7.94. The van der Waals surface area contributed by atoms with E-state index in [4.69, 9.17) is 16.3 Å². The summed E-state index contributed by atoms with van der Waals surface area (Å²) in [5, 5.41) is 3.93. The molecular formula is C21H22ClN3O3S. The van der Waals surface area contributed by atoms with Crippen LogP contribution < -0.4 is 10.9 Å². The first-order valence-electron chi connectivity index (χ1n) is 9.26. The van der Waals surface area contributed by atoms with E-state index >= 15 is 0 Å². The summed E-state index contributed by atoms with van der Waals surface area (Å²) < 4.78 is 6.50. The summed E-state index contributed by atoms with van der Waals surface area (Å²) in [7, 11) is 1.58. The van der Waals surface area contributed by atoms with Crippen LogP contribution in [0.15, 0.2) is 58.5 Å². The Hall–Kier alpha value is -2.35. The number of carbonyl (C=O) groups is 1. The topological polar surface area (TPSA) is 73.2 Å². The summed E-state index contributed by atoms with van der Waals surface area (Å²) >= 11 is 7.42. The molecule has 29 heavy (non-hydrogen) atoms. The van der Waals surface area contributed by atoms with Crippen LogP contribution in [0.1, 0.15) is 13.3 Å². The van der Waals surface area contributed by atoms with Gasteiger partial charge < -0.3 is 10.1 Å². The number of benzene rings is 2. The number of thioether (sulfide) groups is 1. The van der Waals surface area contributed by atoms with Crippen LogP contribution in [0.25, 0.3) is 16.6 Å². The maximum atomic E-state index is 13.3.